The average molecular weight is 453 g/mol. The predicted octanol–water partition coefficient (Wildman–Crippen LogP) is 5.41. The smallest absolute Gasteiger partial charge is 0.163 e. The van der Waals surface area contributed by atoms with Crippen molar-refractivity contribution in [1.82, 2.24) is 25.6 Å². The minimum absolute atomic E-state index is 0.290. The zero-order chi connectivity index (χ0) is 22.3. The van der Waals surface area contributed by atoms with Gasteiger partial charge < -0.3 is 15.5 Å². The Hall–Kier alpha value is -2.25. The van der Waals surface area contributed by atoms with E-state index < -0.39 is 0 Å². The second kappa shape index (κ2) is 11.1. The van der Waals surface area contributed by atoms with E-state index in [4.69, 9.17) is 9.97 Å². The molecule has 0 bridgehead atoms. The highest BCUT2D eigenvalue weighted by atomic mass is 32.1. The van der Waals surface area contributed by atoms with Crippen LogP contribution >= 0.6 is 11.3 Å². The topological polar surface area (TPSA) is 66.0 Å². The molecule has 3 heterocycles. The van der Waals surface area contributed by atoms with Gasteiger partial charge in [-0.2, -0.15) is 0 Å². The SMILES string of the molecule is CC/C=C/CC(C)N(/C=C/CC)c1ncnc2sc(C(NC3CCNCC3)=C3CC3)nc12. The van der Waals surface area contributed by atoms with Crippen molar-refractivity contribution in [2.75, 3.05) is 18.0 Å². The van der Waals surface area contributed by atoms with Crippen LogP contribution in [-0.4, -0.2) is 40.1 Å². The van der Waals surface area contributed by atoms with E-state index in [0.717, 1.165) is 66.4 Å². The summed E-state index contributed by atoms with van der Waals surface area (Å²) >= 11 is 1.69. The van der Waals surface area contributed by atoms with Gasteiger partial charge in [-0.15, -0.1) is 0 Å². The molecule has 2 fully saturated rings. The quantitative estimate of drug-likeness (QED) is 0.470. The average Bonchev–Trinajstić information content (AvgIpc) is 3.56. The van der Waals surface area contributed by atoms with E-state index in [2.05, 4.69) is 65.7 Å². The van der Waals surface area contributed by atoms with Gasteiger partial charge in [-0.05, 0) is 70.5 Å². The lowest BCUT2D eigenvalue weighted by atomic mass is 10.1. The van der Waals surface area contributed by atoms with E-state index >= 15 is 0 Å². The first-order chi connectivity index (χ1) is 15.7. The first-order valence-corrected chi connectivity index (χ1v) is 12.9. The molecule has 2 aromatic rings. The Morgan fingerprint density at radius 3 is 2.69 bits per heavy atom. The normalized spacial score (nSPS) is 18.0. The molecule has 4 rings (SSSR count). The van der Waals surface area contributed by atoms with Crippen LogP contribution in [0.2, 0.25) is 0 Å². The molecule has 2 N–H and O–H groups in total. The Balaban J connectivity index is 1.66. The minimum atomic E-state index is 0.290. The Labute approximate surface area is 195 Å². The Kier molecular flexibility index (Phi) is 7.92. The molecule has 172 valence electrons. The highest BCUT2D eigenvalue weighted by Gasteiger charge is 2.26. The first kappa shape index (κ1) is 22.9. The fourth-order valence-corrected chi connectivity index (χ4v) is 5.01. The number of hydrogen-bond acceptors (Lipinski definition) is 7. The van der Waals surface area contributed by atoms with Crippen molar-refractivity contribution < 1.29 is 0 Å². The van der Waals surface area contributed by atoms with Crippen LogP contribution in [0.1, 0.15) is 70.7 Å². The number of nitrogens with one attached hydrogen (secondary N) is 2. The fourth-order valence-electron chi connectivity index (χ4n) is 4.05. The molecule has 6 nitrogen and oxygen atoms in total. The van der Waals surface area contributed by atoms with Gasteiger partial charge >= 0.3 is 0 Å². The van der Waals surface area contributed by atoms with E-state index in [1.54, 1.807) is 17.7 Å². The zero-order valence-electron chi connectivity index (χ0n) is 19.6. The number of fused-ring (bicyclic) bond motifs is 1. The first-order valence-electron chi connectivity index (χ1n) is 12.1. The molecule has 2 aliphatic rings. The van der Waals surface area contributed by atoms with Gasteiger partial charge in [0.2, 0.25) is 0 Å². The summed E-state index contributed by atoms with van der Waals surface area (Å²) in [6, 6.07) is 0.809. The molecule has 1 aliphatic heterocycles. The summed E-state index contributed by atoms with van der Waals surface area (Å²) in [6.45, 7) is 8.74. The fraction of sp³-hybridized carbons (Fsp3) is 0.560. The molecule has 1 unspecified atom stereocenters. The number of rotatable bonds is 10. The van der Waals surface area contributed by atoms with Crippen LogP contribution in [0.5, 0.6) is 0 Å². The van der Waals surface area contributed by atoms with E-state index in [9.17, 15) is 0 Å². The van der Waals surface area contributed by atoms with Gasteiger partial charge in [0.1, 0.15) is 21.7 Å². The van der Waals surface area contributed by atoms with Crippen molar-refractivity contribution in [2.24, 2.45) is 0 Å². The number of aromatic nitrogens is 3. The van der Waals surface area contributed by atoms with Gasteiger partial charge in [0.25, 0.3) is 0 Å². The molecule has 0 aromatic carbocycles. The largest absolute Gasteiger partial charge is 0.380 e. The van der Waals surface area contributed by atoms with Gasteiger partial charge in [-0.3, -0.25) is 0 Å². The number of allylic oxidation sites excluding steroid dienone is 3. The Morgan fingerprint density at radius 2 is 1.97 bits per heavy atom. The summed E-state index contributed by atoms with van der Waals surface area (Å²) in [4.78, 5) is 17.6. The van der Waals surface area contributed by atoms with E-state index in [-0.39, 0.29) is 6.04 Å². The van der Waals surface area contributed by atoms with Gasteiger partial charge in [-0.25, -0.2) is 15.0 Å². The number of anilines is 1. The summed E-state index contributed by atoms with van der Waals surface area (Å²) in [6.07, 6.45) is 18.2. The van der Waals surface area contributed by atoms with Crippen molar-refractivity contribution in [1.29, 1.82) is 0 Å². The third-order valence-electron chi connectivity index (χ3n) is 6.03. The van der Waals surface area contributed by atoms with Crippen LogP contribution in [-0.2, 0) is 0 Å². The second-order valence-corrected chi connectivity index (χ2v) is 9.66. The van der Waals surface area contributed by atoms with Crippen LogP contribution in [0.4, 0.5) is 5.82 Å². The summed E-state index contributed by atoms with van der Waals surface area (Å²) < 4.78 is 0. The molecule has 1 saturated carbocycles. The third kappa shape index (κ3) is 5.56. The lowest BCUT2D eigenvalue weighted by Gasteiger charge is -2.26. The van der Waals surface area contributed by atoms with Crippen LogP contribution in [0.3, 0.4) is 0 Å². The van der Waals surface area contributed by atoms with Crippen molar-refractivity contribution in [3.63, 3.8) is 0 Å². The summed E-state index contributed by atoms with van der Waals surface area (Å²) in [7, 11) is 0. The number of piperidine rings is 1. The van der Waals surface area contributed by atoms with Gasteiger partial charge in [0.15, 0.2) is 5.82 Å². The minimum Gasteiger partial charge on any atom is -0.380 e. The number of hydrogen-bond donors (Lipinski definition) is 2. The van der Waals surface area contributed by atoms with Gasteiger partial charge in [-0.1, -0.05) is 43.4 Å². The molecule has 0 radical (unpaired) electrons. The van der Waals surface area contributed by atoms with Crippen LogP contribution in [0.15, 0.2) is 36.3 Å². The highest BCUT2D eigenvalue weighted by molar-refractivity contribution is 7.19. The standard InChI is InChI=1S/C25H36N6S/c1-4-6-8-9-18(3)31(16-7-5-2)23-22-24(28-17-27-23)32-25(30-22)21(19-10-11-19)29-20-12-14-26-15-13-20/h6-8,16-18,20,26,29H,4-5,9-15H2,1-3H3/b8-6+,16-7+. The van der Waals surface area contributed by atoms with Crippen molar-refractivity contribution in [3.8, 4) is 0 Å². The molecule has 1 saturated heterocycles. The van der Waals surface area contributed by atoms with Crippen LogP contribution in [0.25, 0.3) is 16.0 Å². The summed E-state index contributed by atoms with van der Waals surface area (Å²) in [5.74, 6) is 0.904. The van der Waals surface area contributed by atoms with E-state index in [1.807, 2.05) is 0 Å². The Bertz CT molecular complexity index is 979. The lowest BCUT2D eigenvalue weighted by Crippen LogP contribution is -2.39. The zero-order valence-corrected chi connectivity index (χ0v) is 20.4. The summed E-state index contributed by atoms with van der Waals surface area (Å²) in [5.41, 5.74) is 3.66. The monoisotopic (exact) mass is 452 g/mol. The van der Waals surface area contributed by atoms with Crippen molar-refractivity contribution >= 4 is 33.2 Å². The van der Waals surface area contributed by atoms with Crippen molar-refractivity contribution in [2.45, 2.75) is 77.8 Å². The third-order valence-corrected chi connectivity index (χ3v) is 7.01. The highest BCUT2D eigenvalue weighted by Crippen LogP contribution is 2.39. The van der Waals surface area contributed by atoms with Crippen molar-refractivity contribution in [3.05, 3.63) is 41.3 Å². The molecule has 7 heteroatoms. The lowest BCUT2D eigenvalue weighted by molar-refractivity contribution is 0.424. The van der Waals surface area contributed by atoms with E-state index in [0.29, 0.717) is 6.04 Å². The molecule has 0 amide bonds. The summed E-state index contributed by atoms with van der Waals surface area (Å²) in [5, 5.41) is 8.35. The van der Waals surface area contributed by atoms with Crippen LogP contribution < -0.4 is 15.5 Å². The molecule has 2 aromatic heterocycles. The molecular formula is C25H36N6S. The predicted molar refractivity (Wildman–Crippen MR) is 136 cm³/mol. The maximum absolute atomic E-state index is 5.11. The van der Waals surface area contributed by atoms with Gasteiger partial charge in [0.05, 0.1) is 5.70 Å². The number of nitrogens with zero attached hydrogens (tertiary/aromatic N) is 4. The second-order valence-electron chi connectivity index (χ2n) is 8.68. The number of thiazole rings is 1. The van der Waals surface area contributed by atoms with Crippen LogP contribution in [0, 0.1) is 0 Å². The molecule has 1 aliphatic carbocycles. The van der Waals surface area contributed by atoms with E-state index in [1.165, 1.54) is 24.1 Å². The molecule has 1 atom stereocenters. The van der Waals surface area contributed by atoms with Gasteiger partial charge in [0, 0.05) is 18.3 Å². The maximum atomic E-state index is 5.11. The molecule has 32 heavy (non-hydrogen) atoms. The molecular weight excluding hydrogens is 416 g/mol. The Morgan fingerprint density at radius 1 is 1.19 bits per heavy atom. The maximum Gasteiger partial charge on any atom is 0.163 e. The molecule has 0 spiro atoms.